The Bertz CT molecular complexity index is 1370. The molecule has 0 saturated carbocycles. The molecule has 0 aliphatic carbocycles. The summed E-state index contributed by atoms with van der Waals surface area (Å²) in [5, 5.41) is 0. The Hall–Kier alpha value is -3.41. The highest BCUT2D eigenvalue weighted by molar-refractivity contribution is 5.71. The molecule has 0 N–H and O–H groups in total. The number of rotatable bonds is 54. The van der Waals surface area contributed by atoms with Crippen molar-refractivity contribution in [1.82, 2.24) is 0 Å². The molecule has 408 valence electrons. The van der Waals surface area contributed by atoms with Crippen molar-refractivity contribution in [3.8, 4) is 0 Å². The van der Waals surface area contributed by atoms with Gasteiger partial charge < -0.3 is 14.2 Å². The lowest BCUT2D eigenvalue weighted by Gasteiger charge is -2.18. The summed E-state index contributed by atoms with van der Waals surface area (Å²) >= 11 is 0. The second-order valence-electron chi connectivity index (χ2n) is 19.9. The largest absolute Gasteiger partial charge is 0.462 e. The highest BCUT2D eigenvalue weighted by atomic mass is 16.6. The van der Waals surface area contributed by atoms with Gasteiger partial charge in [-0.2, -0.15) is 0 Å². The van der Waals surface area contributed by atoms with Crippen LogP contribution in [0.5, 0.6) is 0 Å². The molecule has 0 aromatic heterocycles. The van der Waals surface area contributed by atoms with Gasteiger partial charge in [0.05, 0.1) is 0 Å². The van der Waals surface area contributed by atoms with Crippen molar-refractivity contribution in [3.63, 3.8) is 0 Å². The quantitative estimate of drug-likeness (QED) is 0.0261. The van der Waals surface area contributed by atoms with Gasteiger partial charge in [-0.3, -0.25) is 14.4 Å². The van der Waals surface area contributed by atoms with Gasteiger partial charge in [0.25, 0.3) is 0 Å². The van der Waals surface area contributed by atoms with Crippen LogP contribution in [-0.2, 0) is 28.6 Å². The fourth-order valence-corrected chi connectivity index (χ4v) is 8.38. The van der Waals surface area contributed by atoms with Crippen LogP contribution < -0.4 is 0 Å². The lowest BCUT2D eigenvalue weighted by molar-refractivity contribution is -0.167. The Morgan fingerprint density at radius 3 is 0.901 bits per heavy atom. The molecule has 0 bridgehead atoms. The van der Waals surface area contributed by atoms with Gasteiger partial charge >= 0.3 is 17.9 Å². The van der Waals surface area contributed by atoms with Crippen molar-refractivity contribution in [3.05, 3.63) is 85.1 Å². The summed E-state index contributed by atoms with van der Waals surface area (Å²) in [5.74, 6) is -0.919. The van der Waals surface area contributed by atoms with Crippen LogP contribution in [-0.4, -0.2) is 37.2 Å². The SMILES string of the molecule is CC/C=C\C/C=C\C/C=C\C/C=C\C/C=C\CCCCCC(=O)OC[C@H](COC(=O)CCCCCCCCCCCCCCCCCCC)OC(=O)CCCCCCCCC/C=C\C/C=C\CCCCC. The number of hydrogen-bond acceptors (Lipinski definition) is 6. The molecule has 0 aliphatic rings. The van der Waals surface area contributed by atoms with Crippen LogP contribution >= 0.6 is 0 Å². The minimum atomic E-state index is -0.794. The molecule has 0 aromatic carbocycles. The van der Waals surface area contributed by atoms with Gasteiger partial charge in [0, 0.05) is 19.3 Å². The molecule has 0 radical (unpaired) electrons. The first-order chi connectivity index (χ1) is 35.0. The van der Waals surface area contributed by atoms with Gasteiger partial charge in [0.2, 0.25) is 0 Å². The molecule has 0 heterocycles. The second-order valence-corrected chi connectivity index (χ2v) is 19.9. The molecular formula is C65H112O6. The van der Waals surface area contributed by atoms with Gasteiger partial charge in [0.1, 0.15) is 13.2 Å². The third kappa shape index (κ3) is 57.4. The average molecular weight is 990 g/mol. The first kappa shape index (κ1) is 67.6. The van der Waals surface area contributed by atoms with Gasteiger partial charge in [-0.05, 0) is 96.3 Å². The van der Waals surface area contributed by atoms with E-state index in [0.717, 1.165) is 109 Å². The van der Waals surface area contributed by atoms with Crippen molar-refractivity contribution in [2.45, 2.75) is 297 Å². The number of allylic oxidation sites excluding steroid dienone is 14. The monoisotopic (exact) mass is 989 g/mol. The molecule has 0 spiro atoms. The molecule has 0 saturated heterocycles. The van der Waals surface area contributed by atoms with Gasteiger partial charge in [0.15, 0.2) is 6.10 Å². The molecule has 6 heteroatoms. The number of esters is 3. The highest BCUT2D eigenvalue weighted by Gasteiger charge is 2.19. The van der Waals surface area contributed by atoms with E-state index < -0.39 is 6.10 Å². The predicted molar refractivity (Wildman–Crippen MR) is 307 cm³/mol. The molecule has 0 rings (SSSR count). The summed E-state index contributed by atoms with van der Waals surface area (Å²) in [4.78, 5) is 38.2. The summed E-state index contributed by atoms with van der Waals surface area (Å²) in [5.41, 5.74) is 0. The maximum absolute atomic E-state index is 12.9. The number of carbonyl (C=O) groups is 3. The zero-order valence-corrected chi connectivity index (χ0v) is 46.7. The number of hydrogen-bond donors (Lipinski definition) is 0. The first-order valence-corrected chi connectivity index (χ1v) is 30.1. The van der Waals surface area contributed by atoms with E-state index in [1.165, 1.54) is 141 Å². The predicted octanol–water partition coefficient (Wildman–Crippen LogP) is 20.3. The Labute approximate surface area is 439 Å². The van der Waals surface area contributed by atoms with Crippen molar-refractivity contribution in [2.75, 3.05) is 13.2 Å². The molecule has 0 aromatic rings. The zero-order chi connectivity index (χ0) is 51.4. The Morgan fingerprint density at radius 1 is 0.296 bits per heavy atom. The van der Waals surface area contributed by atoms with Gasteiger partial charge in [-0.1, -0.05) is 260 Å². The molecule has 71 heavy (non-hydrogen) atoms. The lowest BCUT2D eigenvalue weighted by Crippen LogP contribution is -2.30. The Kier molecular flexibility index (Phi) is 56.3. The van der Waals surface area contributed by atoms with E-state index in [1.807, 2.05) is 0 Å². The minimum absolute atomic E-state index is 0.0883. The van der Waals surface area contributed by atoms with E-state index in [0.29, 0.717) is 19.3 Å². The fourth-order valence-electron chi connectivity index (χ4n) is 8.38. The fraction of sp³-hybridized carbons (Fsp3) is 0.738. The van der Waals surface area contributed by atoms with Crippen molar-refractivity contribution >= 4 is 17.9 Å². The summed E-state index contributed by atoms with van der Waals surface area (Å²) in [6, 6.07) is 0. The topological polar surface area (TPSA) is 78.9 Å². The Balaban J connectivity index is 4.44. The maximum atomic E-state index is 12.9. The lowest BCUT2D eigenvalue weighted by atomic mass is 10.0. The molecule has 0 aliphatic heterocycles. The van der Waals surface area contributed by atoms with Crippen molar-refractivity contribution in [1.29, 1.82) is 0 Å². The summed E-state index contributed by atoms with van der Waals surface area (Å²) in [6.07, 6.45) is 77.1. The van der Waals surface area contributed by atoms with E-state index in [1.54, 1.807) is 0 Å². The smallest absolute Gasteiger partial charge is 0.306 e. The molecule has 0 fully saturated rings. The van der Waals surface area contributed by atoms with Crippen molar-refractivity contribution in [2.24, 2.45) is 0 Å². The summed E-state index contributed by atoms with van der Waals surface area (Å²) < 4.78 is 16.9. The third-order valence-corrected chi connectivity index (χ3v) is 12.9. The summed E-state index contributed by atoms with van der Waals surface area (Å²) in [6.45, 7) is 6.50. The molecule has 0 unspecified atom stereocenters. The molecular weight excluding hydrogens is 877 g/mol. The van der Waals surface area contributed by atoms with E-state index in [4.69, 9.17) is 14.2 Å². The summed E-state index contributed by atoms with van der Waals surface area (Å²) in [7, 11) is 0. The van der Waals surface area contributed by atoms with E-state index in [9.17, 15) is 14.4 Å². The van der Waals surface area contributed by atoms with E-state index in [2.05, 4.69) is 106 Å². The molecule has 6 nitrogen and oxygen atoms in total. The van der Waals surface area contributed by atoms with Crippen LogP contribution in [0.3, 0.4) is 0 Å². The third-order valence-electron chi connectivity index (χ3n) is 12.9. The van der Waals surface area contributed by atoms with Crippen molar-refractivity contribution < 1.29 is 28.6 Å². The zero-order valence-electron chi connectivity index (χ0n) is 46.7. The van der Waals surface area contributed by atoms with Crippen LogP contribution in [0.1, 0.15) is 290 Å². The minimum Gasteiger partial charge on any atom is -0.462 e. The van der Waals surface area contributed by atoms with Crippen LogP contribution in [0, 0.1) is 0 Å². The van der Waals surface area contributed by atoms with Gasteiger partial charge in [-0.15, -0.1) is 0 Å². The van der Waals surface area contributed by atoms with Crippen LogP contribution in [0.4, 0.5) is 0 Å². The second kappa shape index (κ2) is 59.2. The molecule has 0 amide bonds. The maximum Gasteiger partial charge on any atom is 0.306 e. The first-order valence-electron chi connectivity index (χ1n) is 30.1. The van der Waals surface area contributed by atoms with Crippen LogP contribution in [0.15, 0.2) is 85.1 Å². The highest BCUT2D eigenvalue weighted by Crippen LogP contribution is 2.16. The standard InChI is InChI=1S/C65H112O6/c1-4-7-10-13-16-19-22-25-28-31-32-35-37-40-43-46-49-52-55-58-64(67)70-61-62(71-65(68)59-56-53-50-47-44-41-38-34-30-27-24-21-18-15-12-9-6-3)60-69-63(66)57-54-51-48-45-42-39-36-33-29-26-23-20-17-14-11-8-5-2/h7,10,16,18-19,21,25,27-28,30,32,35,40,43,62H,4-6,8-9,11-15,17,20,22-24,26,29,31,33-34,36-39,41-42,44-61H2,1-3H3/b10-7-,19-16-,21-18-,28-25-,30-27-,35-32-,43-40-/t62-/m0/s1. The van der Waals surface area contributed by atoms with E-state index in [-0.39, 0.29) is 31.1 Å². The Morgan fingerprint density at radius 2 is 0.549 bits per heavy atom. The average Bonchev–Trinajstić information content (AvgIpc) is 3.37. The molecule has 1 atom stereocenters. The van der Waals surface area contributed by atoms with Crippen LogP contribution in [0.2, 0.25) is 0 Å². The van der Waals surface area contributed by atoms with Crippen LogP contribution in [0.25, 0.3) is 0 Å². The number of unbranched alkanes of at least 4 members (excludes halogenated alkanes) is 29. The normalized spacial score (nSPS) is 12.7. The number of carbonyl (C=O) groups excluding carboxylic acids is 3. The van der Waals surface area contributed by atoms with E-state index >= 15 is 0 Å². The van der Waals surface area contributed by atoms with Gasteiger partial charge in [-0.25, -0.2) is 0 Å². The number of ether oxygens (including phenoxy) is 3.